The van der Waals surface area contributed by atoms with Gasteiger partial charge in [0, 0.05) is 18.3 Å². The van der Waals surface area contributed by atoms with E-state index in [2.05, 4.69) is 16.0 Å². The van der Waals surface area contributed by atoms with Gasteiger partial charge >= 0.3 is 0 Å². The first-order valence-electron chi connectivity index (χ1n) is 5.20. The van der Waals surface area contributed by atoms with Crippen LogP contribution >= 0.6 is 11.8 Å². The Hall–Kier alpha value is -0.750. The topological polar surface area (TPSA) is 70.2 Å². The molecule has 2 unspecified atom stereocenters. The Morgan fingerprint density at radius 3 is 3.07 bits per heavy atom. The number of nitrogens with one attached hydrogen (secondary N) is 3. The van der Waals surface area contributed by atoms with Crippen LogP contribution in [0.25, 0.3) is 0 Å². The summed E-state index contributed by atoms with van der Waals surface area (Å²) in [5.41, 5.74) is 0. The molecular weight excluding hydrogens is 214 g/mol. The van der Waals surface area contributed by atoms with Crippen molar-refractivity contribution in [2.24, 2.45) is 0 Å². The normalized spacial score (nSPS) is 30.3. The summed E-state index contributed by atoms with van der Waals surface area (Å²) in [5.74, 6) is 0.477. The molecule has 0 aromatic carbocycles. The van der Waals surface area contributed by atoms with E-state index >= 15 is 0 Å². The molecule has 6 heteroatoms. The quantitative estimate of drug-likeness (QED) is 0.620. The molecule has 0 aliphatic carbocycles. The van der Waals surface area contributed by atoms with Crippen molar-refractivity contribution in [3.05, 3.63) is 0 Å². The molecular formula is C9H15N3O2S. The molecule has 0 saturated carbocycles. The van der Waals surface area contributed by atoms with Crippen molar-refractivity contribution in [2.45, 2.75) is 24.9 Å². The minimum atomic E-state index is -0.344. The predicted octanol–water partition coefficient (Wildman–Crippen LogP) is -0.320. The number of hydrogen-bond acceptors (Lipinski definition) is 4. The minimum absolute atomic E-state index is 0.0675. The van der Waals surface area contributed by atoms with Crippen LogP contribution in [-0.4, -0.2) is 42.1 Å². The van der Waals surface area contributed by atoms with Gasteiger partial charge < -0.3 is 16.0 Å². The number of carbonyl (C=O) groups excluding carboxylic acids is 2. The molecule has 5 nitrogen and oxygen atoms in total. The van der Waals surface area contributed by atoms with E-state index in [0.717, 1.165) is 13.0 Å². The molecule has 0 radical (unpaired) electrons. The monoisotopic (exact) mass is 229 g/mol. The zero-order valence-electron chi connectivity index (χ0n) is 8.41. The summed E-state index contributed by atoms with van der Waals surface area (Å²) in [6, 6.07) is 0.0580. The highest BCUT2D eigenvalue weighted by molar-refractivity contribution is 8.14. The fourth-order valence-electron chi connectivity index (χ4n) is 1.80. The van der Waals surface area contributed by atoms with Crippen molar-refractivity contribution in [2.75, 3.05) is 18.8 Å². The molecule has 0 aromatic rings. The predicted molar refractivity (Wildman–Crippen MR) is 58.8 cm³/mol. The minimum Gasteiger partial charge on any atom is -0.353 e. The van der Waals surface area contributed by atoms with Crippen molar-refractivity contribution in [1.82, 2.24) is 16.0 Å². The van der Waals surface area contributed by atoms with Crippen LogP contribution in [0, 0.1) is 0 Å². The first-order valence-corrected chi connectivity index (χ1v) is 6.18. The molecule has 2 aliphatic heterocycles. The second kappa shape index (κ2) is 4.85. The molecule has 0 spiro atoms. The maximum Gasteiger partial charge on any atom is 0.279 e. The Morgan fingerprint density at radius 2 is 2.47 bits per heavy atom. The molecule has 2 heterocycles. The first kappa shape index (κ1) is 10.8. The zero-order valence-corrected chi connectivity index (χ0v) is 9.23. The lowest BCUT2D eigenvalue weighted by Crippen LogP contribution is -2.46. The highest BCUT2D eigenvalue weighted by Crippen LogP contribution is 2.12. The summed E-state index contributed by atoms with van der Waals surface area (Å²) in [6.45, 7) is 1.70. The Balaban J connectivity index is 1.70. The molecule has 2 amide bonds. The molecule has 0 aromatic heterocycles. The van der Waals surface area contributed by atoms with Crippen LogP contribution in [0.1, 0.15) is 12.8 Å². The van der Waals surface area contributed by atoms with Crippen LogP contribution in [0.15, 0.2) is 0 Å². The standard InChI is InChI=1S/C9H15N3O2S/c13-8(7-5-15-9(14)12-7)11-4-6-2-1-3-10-6/h6-7,10H,1-5H2,(H,11,13)(H,12,14). The van der Waals surface area contributed by atoms with Crippen molar-refractivity contribution >= 4 is 22.9 Å². The molecule has 2 rings (SSSR count). The number of carbonyl (C=O) groups is 2. The largest absolute Gasteiger partial charge is 0.353 e. The third-order valence-corrected chi connectivity index (χ3v) is 3.55. The van der Waals surface area contributed by atoms with Crippen LogP contribution < -0.4 is 16.0 Å². The number of hydrogen-bond donors (Lipinski definition) is 3. The molecule has 2 saturated heterocycles. The molecule has 84 valence electrons. The first-order chi connectivity index (χ1) is 7.25. The van der Waals surface area contributed by atoms with E-state index in [9.17, 15) is 9.59 Å². The van der Waals surface area contributed by atoms with Crippen LogP contribution in [0.4, 0.5) is 4.79 Å². The van der Waals surface area contributed by atoms with E-state index < -0.39 is 0 Å². The average Bonchev–Trinajstić information content (AvgIpc) is 2.84. The summed E-state index contributed by atoms with van der Waals surface area (Å²) in [5, 5.41) is 8.68. The van der Waals surface area contributed by atoms with Gasteiger partial charge in [-0.1, -0.05) is 11.8 Å². The summed E-state index contributed by atoms with van der Waals surface area (Å²) in [7, 11) is 0. The van der Waals surface area contributed by atoms with Gasteiger partial charge in [-0.2, -0.15) is 0 Å². The molecule has 0 bridgehead atoms. The number of thioether (sulfide) groups is 1. The van der Waals surface area contributed by atoms with Gasteiger partial charge in [-0.15, -0.1) is 0 Å². The van der Waals surface area contributed by atoms with E-state index in [0.29, 0.717) is 18.3 Å². The Labute approximate surface area is 92.7 Å². The molecule has 2 fully saturated rings. The Morgan fingerprint density at radius 1 is 1.60 bits per heavy atom. The highest BCUT2D eigenvalue weighted by Gasteiger charge is 2.28. The summed E-state index contributed by atoms with van der Waals surface area (Å²) in [4.78, 5) is 22.5. The lowest BCUT2D eigenvalue weighted by molar-refractivity contribution is -0.122. The van der Waals surface area contributed by atoms with Gasteiger partial charge in [-0.05, 0) is 19.4 Å². The maximum absolute atomic E-state index is 11.6. The van der Waals surface area contributed by atoms with Crippen LogP contribution in [-0.2, 0) is 4.79 Å². The third kappa shape index (κ3) is 2.85. The van der Waals surface area contributed by atoms with Gasteiger partial charge in [0.1, 0.15) is 6.04 Å². The fraction of sp³-hybridized carbons (Fsp3) is 0.778. The average molecular weight is 229 g/mol. The summed E-state index contributed by atoms with van der Waals surface area (Å²) < 4.78 is 0. The summed E-state index contributed by atoms with van der Waals surface area (Å²) in [6.07, 6.45) is 2.29. The molecule has 2 aliphatic rings. The van der Waals surface area contributed by atoms with Gasteiger partial charge in [-0.3, -0.25) is 9.59 Å². The van der Waals surface area contributed by atoms with E-state index in [1.165, 1.54) is 18.2 Å². The van der Waals surface area contributed by atoms with E-state index in [-0.39, 0.29) is 17.2 Å². The van der Waals surface area contributed by atoms with Crippen LogP contribution in [0.5, 0.6) is 0 Å². The van der Waals surface area contributed by atoms with Gasteiger partial charge in [0.25, 0.3) is 5.24 Å². The van der Waals surface area contributed by atoms with E-state index in [4.69, 9.17) is 0 Å². The van der Waals surface area contributed by atoms with Gasteiger partial charge in [0.15, 0.2) is 0 Å². The van der Waals surface area contributed by atoms with Crippen LogP contribution in [0.2, 0.25) is 0 Å². The Bertz CT molecular complexity index is 266. The van der Waals surface area contributed by atoms with Gasteiger partial charge in [0.2, 0.25) is 5.91 Å². The van der Waals surface area contributed by atoms with Gasteiger partial charge in [0.05, 0.1) is 0 Å². The maximum atomic E-state index is 11.6. The van der Waals surface area contributed by atoms with Crippen molar-refractivity contribution in [1.29, 1.82) is 0 Å². The fourth-order valence-corrected chi connectivity index (χ4v) is 2.58. The number of amides is 2. The zero-order chi connectivity index (χ0) is 10.7. The lowest BCUT2D eigenvalue weighted by atomic mass is 10.2. The third-order valence-electron chi connectivity index (χ3n) is 2.67. The van der Waals surface area contributed by atoms with E-state index in [1.807, 2.05) is 0 Å². The van der Waals surface area contributed by atoms with Crippen molar-refractivity contribution < 1.29 is 9.59 Å². The Kier molecular flexibility index (Phi) is 3.48. The highest BCUT2D eigenvalue weighted by atomic mass is 32.2. The SMILES string of the molecule is O=C1NC(C(=O)NCC2CCCN2)CS1. The van der Waals surface area contributed by atoms with Crippen LogP contribution in [0.3, 0.4) is 0 Å². The van der Waals surface area contributed by atoms with E-state index in [1.54, 1.807) is 0 Å². The molecule has 15 heavy (non-hydrogen) atoms. The van der Waals surface area contributed by atoms with Gasteiger partial charge in [-0.25, -0.2) is 0 Å². The smallest absolute Gasteiger partial charge is 0.279 e. The number of rotatable bonds is 3. The second-order valence-corrected chi connectivity index (χ2v) is 4.83. The molecule has 3 N–H and O–H groups in total. The van der Waals surface area contributed by atoms with Crippen molar-refractivity contribution in [3.8, 4) is 0 Å². The molecule has 2 atom stereocenters. The summed E-state index contributed by atoms with van der Waals surface area (Å²) >= 11 is 1.17. The lowest BCUT2D eigenvalue weighted by Gasteiger charge is -2.14. The second-order valence-electron chi connectivity index (χ2n) is 3.83. The van der Waals surface area contributed by atoms with Crippen molar-refractivity contribution in [3.63, 3.8) is 0 Å².